The Morgan fingerprint density at radius 3 is 2.00 bits per heavy atom. The molecule has 2 aromatic rings. The third-order valence-corrected chi connectivity index (χ3v) is 3.40. The van der Waals surface area contributed by atoms with Gasteiger partial charge < -0.3 is 10.2 Å². The number of benzene rings is 2. The van der Waals surface area contributed by atoms with Gasteiger partial charge in [0.25, 0.3) is 0 Å². The summed E-state index contributed by atoms with van der Waals surface area (Å²) >= 11 is 5.85. The maximum absolute atomic E-state index is 12.2. The Labute approximate surface area is 130 Å². The van der Waals surface area contributed by atoms with E-state index in [2.05, 4.69) is 0 Å². The first-order chi connectivity index (χ1) is 10.4. The summed E-state index contributed by atoms with van der Waals surface area (Å²) < 4.78 is 0. The third-order valence-electron chi connectivity index (χ3n) is 3.09. The van der Waals surface area contributed by atoms with E-state index in [1.165, 1.54) is 30.3 Å². The number of aromatic carboxylic acids is 2. The average Bonchev–Trinajstić information content (AvgIpc) is 2.46. The maximum Gasteiger partial charge on any atom is 0.337 e. The van der Waals surface area contributed by atoms with Gasteiger partial charge in [0.05, 0.1) is 16.1 Å². The highest BCUT2D eigenvalue weighted by Gasteiger charge is 2.17. The van der Waals surface area contributed by atoms with Gasteiger partial charge in [0.1, 0.15) is 0 Å². The minimum absolute atomic E-state index is 0.0318. The summed E-state index contributed by atoms with van der Waals surface area (Å²) in [7, 11) is 0. The molecule has 0 saturated heterocycles. The standard InChI is InChI=1S/C16H11ClO5/c17-13-7-9(5-6-12(13)16(21)22)8-14(18)10-3-1-2-4-11(10)15(19)20/h1-7H,8H2,(H,19,20)(H,21,22). The zero-order chi connectivity index (χ0) is 16.3. The molecule has 2 N–H and O–H groups in total. The highest BCUT2D eigenvalue weighted by Crippen LogP contribution is 2.20. The van der Waals surface area contributed by atoms with E-state index in [1.807, 2.05) is 0 Å². The molecule has 0 aromatic heterocycles. The summed E-state index contributed by atoms with van der Waals surface area (Å²) in [5.41, 5.74) is 0.498. The summed E-state index contributed by atoms with van der Waals surface area (Å²) in [6.07, 6.45) is -0.0656. The van der Waals surface area contributed by atoms with Crippen LogP contribution >= 0.6 is 11.6 Å². The summed E-state index contributed by atoms with van der Waals surface area (Å²) in [5, 5.41) is 18.0. The highest BCUT2D eigenvalue weighted by atomic mass is 35.5. The van der Waals surface area contributed by atoms with Crippen LogP contribution in [0.25, 0.3) is 0 Å². The molecule has 5 nitrogen and oxygen atoms in total. The lowest BCUT2D eigenvalue weighted by Crippen LogP contribution is -2.11. The molecule has 0 atom stereocenters. The normalized spacial score (nSPS) is 10.2. The van der Waals surface area contributed by atoms with Crippen molar-refractivity contribution in [2.45, 2.75) is 6.42 Å². The predicted molar refractivity (Wildman–Crippen MR) is 79.8 cm³/mol. The lowest BCUT2D eigenvalue weighted by atomic mass is 9.98. The molecule has 0 fully saturated rings. The molecule has 6 heteroatoms. The second-order valence-electron chi connectivity index (χ2n) is 4.57. The van der Waals surface area contributed by atoms with Crippen molar-refractivity contribution in [3.63, 3.8) is 0 Å². The van der Waals surface area contributed by atoms with Crippen molar-refractivity contribution in [1.82, 2.24) is 0 Å². The van der Waals surface area contributed by atoms with E-state index in [0.29, 0.717) is 5.56 Å². The molecule has 0 aliphatic carbocycles. The molecule has 0 heterocycles. The first-order valence-electron chi connectivity index (χ1n) is 6.27. The Bertz CT molecular complexity index is 767. The first kappa shape index (κ1) is 15.7. The molecule has 22 heavy (non-hydrogen) atoms. The number of rotatable bonds is 5. The van der Waals surface area contributed by atoms with E-state index in [9.17, 15) is 14.4 Å². The van der Waals surface area contributed by atoms with Crippen molar-refractivity contribution in [3.8, 4) is 0 Å². The Kier molecular flexibility index (Phi) is 4.58. The summed E-state index contributed by atoms with van der Waals surface area (Å²) in [6.45, 7) is 0. The van der Waals surface area contributed by atoms with E-state index in [0.717, 1.165) is 0 Å². The fourth-order valence-corrected chi connectivity index (χ4v) is 2.32. The number of carboxylic acids is 2. The number of carbonyl (C=O) groups is 3. The Morgan fingerprint density at radius 2 is 1.45 bits per heavy atom. The van der Waals surface area contributed by atoms with Crippen molar-refractivity contribution in [2.75, 3.05) is 0 Å². The van der Waals surface area contributed by atoms with Gasteiger partial charge in [0.15, 0.2) is 5.78 Å². The predicted octanol–water partition coefficient (Wildman–Crippen LogP) is 3.16. The number of Topliss-reactive ketones (excluding diaryl/α,β-unsaturated/α-hetero) is 1. The molecule has 112 valence electrons. The molecule has 0 amide bonds. The SMILES string of the molecule is O=C(O)c1ccc(CC(=O)c2ccccc2C(=O)O)cc1Cl. The molecular formula is C16H11ClO5. The zero-order valence-electron chi connectivity index (χ0n) is 11.2. The van der Waals surface area contributed by atoms with Crippen LogP contribution in [0.15, 0.2) is 42.5 Å². The van der Waals surface area contributed by atoms with Crippen LogP contribution in [0, 0.1) is 0 Å². The molecule has 0 radical (unpaired) electrons. The van der Waals surface area contributed by atoms with Crippen molar-refractivity contribution in [3.05, 3.63) is 69.7 Å². The lowest BCUT2D eigenvalue weighted by Gasteiger charge is -2.06. The van der Waals surface area contributed by atoms with Crippen LogP contribution < -0.4 is 0 Å². The van der Waals surface area contributed by atoms with Gasteiger partial charge in [0, 0.05) is 12.0 Å². The van der Waals surface area contributed by atoms with Gasteiger partial charge in [-0.1, -0.05) is 35.9 Å². The fourth-order valence-electron chi connectivity index (χ4n) is 2.04. The molecule has 2 rings (SSSR count). The number of carbonyl (C=O) groups excluding carboxylic acids is 1. The molecule has 0 bridgehead atoms. The summed E-state index contributed by atoms with van der Waals surface area (Å²) in [5.74, 6) is -2.71. The third kappa shape index (κ3) is 3.32. The van der Waals surface area contributed by atoms with Gasteiger partial charge in [-0.05, 0) is 23.8 Å². The van der Waals surface area contributed by atoms with Gasteiger partial charge in [0.2, 0.25) is 0 Å². The molecule has 2 aromatic carbocycles. The Morgan fingerprint density at radius 1 is 0.864 bits per heavy atom. The topological polar surface area (TPSA) is 91.7 Å². The van der Waals surface area contributed by atoms with E-state index in [4.69, 9.17) is 21.8 Å². The van der Waals surface area contributed by atoms with Crippen LogP contribution in [-0.2, 0) is 6.42 Å². The van der Waals surface area contributed by atoms with Gasteiger partial charge in [-0.3, -0.25) is 4.79 Å². The second kappa shape index (κ2) is 6.41. The Hall–Kier alpha value is -2.66. The van der Waals surface area contributed by atoms with Crippen molar-refractivity contribution in [1.29, 1.82) is 0 Å². The van der Waals surface area contributed by atoms with E-state index in [1.54, 1.807) is 12.1 Å². The number of hydrogen-bond acceptors (Lipinski definition) is 3. The number of hydrogen-bond donors (Lipinski definition) is 2. The van der Waals surface area contributed by atoms with Crippen molar-refractivity contribution >= 4 is 29.3 Å². The van der Waals surface area contributed by atoms with Crippen LogP contribution in [0.3, 0.4) is 0 Å². The number of carboxylic acid groups (broad SMARTS) is 2. The number of halogens is 1. The van der Waals surface area contributed by atoms with Gasteiger partial charge in [-0.15, -0.1) is 0 Å². The summed E-state index contributed by atoms with van der Waals surface area (Å²) in [4.78, 5) is 34.2. The summed E-state index contributed by atoms with van der Waals surface area (Å²) in [6, 6.07) is 10.1. The van der Waals surface area contributed by atoms with E-state index >= 15 is 0 Å². The van der Waals surface area contributed by atoms with Crippen LogP contribution in [0.2, 0.25) is 5.02 Å². The smallest absolute Gasteiger partial charge is 0.337 e. The van der Waals surface area contributed by atoms with Gasteiger partial charge in [-0.2, -0.15) is 0 Å². The molecule has 0 aliphatic heterocycles. The minimum Gasteiger partial charge on any atom is -0.478 e. The molecule has 0 spiro atoms. The largest absolute Gasteiger partial charge is 0.478 e. The van der Waals surface area contributed by atoms with Crippen LogP contribution in [0.5, 0.6) is 0 Å². The fraction of sp³-hybridized carbons (Fsp3) is 0.0625. The monoisotopic (exact) mass is 318 g/mol. The highest BCUT2D eigenvalue weighted by molar-refractivity contribution is 6.33. The van der Waals surface area contributed by atoms with Crippen LogP contribution in [0.4, 0.5) is 0 Å². The maximum atomic E-state index is 12.2. The van der Waals surface area contributed by atoms with Crippen molar-refractivity contribution in [2.24, 2.45) is 0 Å². The molecule has 0 saturated carbocycles. The quantitative estimate of drug-likeness (QED) is 0.826. The average molecular weight is 319 g/mol. The van der Waals surface area contributed by atoms with Gasteiger partial charge in [-0.25, -0.2) is 9.59 Å². The van der Waals surface area contributed by atoms with Crippen molar-refractivity contribution < 1.29 is 24.6 Å². The van der Waals surface area contributed by atoms with Crippen LogP contribution in [0.1, 0.15) is 36.6 Å². The molecule has 0 unspecified atom stereocenters. The van der Waals surface area contributed by atoms with E-state index < -0.39 is 11.9 Å². The minimum atomic E-state index is -1.18. The second-order valence-corrected chi connectivity index (χ2v) is 4.98. The molecule has 0 aliphatic rings. The van der Waals surface area contributed by atoms with Crippen LogP contribution in [-0.4, -0.2) is 27.9 Å². The first-order valence-corrected chi connectivity index (χ1v) is 6.65. The Balaban J connectivity index is 2.28. The van der Waals surface area contributed by atoms with E-state index in [-0.39, 0.29) is 33.9 Å². The molecular weight excluding hydrogens is 308 g/mol. The zero-order valence-corrected chi connectivity index (χ0v) is 12.0. The lowest BCUT2D eigenvalue weighted by molar-refractivity contribution is 0.0684. The number of ketones is 1. The van der Waals surface area contributed by atoms with Gasteiger partial charge >= 0.3 is 11.9 Å².